The van der Waals surface area contributed by atoms with E-state index in [0.29, 0.717) is 36.9 Å². The highest BCUT2D eigenvalue weighted by Gasteiger charge is 2.19. The van der Waals surface area contributed by atoms with Crippen molar-refractivity contribution in [1.82, 2.24) is 21.3 Å². The molecule has 1 aromatic rings. The van der Waals surface area contributed by atoms with Crippen molar-refractivity contribution in [2.75, 3.05) is 32.7 Å². The third-order valence-corrected chi connectivity index (χ3v) is 6.37. The molecule has 1 aliphatic carbocycles. The van der Waals surface area contributed by atoms with Gasteiger partial charge >= 0.3 is 0 Å². The fourth-order valence-corrected chi connectivity index (χ4v) is 4.14. The first kappa shape index (κ1) is 30.3. The van der Waals surface area contributed by atoms with Crippen LogP contribution in [0.15, 0.2) is 47.8 Å². The van der Waals surface area contributed by atoms with Crippen molar-refractivity contribution < 1.29 is 14.4 Å². The second-order valence-corrected chi connectivity index (χ2v) is 10.2. The summed E-state index contributed by atoms with van der Waals surface area (Å²) in [6, 6.07) is 8.37. The number of carbonyl (C=O) groups excluding carboxylic acids is 3. The largest absolute Gasteiger partial charge is 0.382 e. The van der Waals surface area contributed by atoms with Crippen LogP contribution in [-0.4, -0.2) is 50.2 Å². The molecular formula is C30H46N4O3. The third kappa shape index (κ3) is 11.3. The van der Waals surface area contributed by atoms with E-state index in [1.807, 2.05) is 6.92 Å². The Morgan fingerprint density at radius 2 is 1.32 bits per heavy atom. The Balaban J connectivity index is 1.54. The first-order valence-electron chi connectivity index (χ1n) is 13.9. The van der Waals surface area contributed by atoms with E-state index >= 15 is 0 Å². The molecule has 1 aromatic carbocycles. The van der Waals surface area contributed by atoms with E-state index < -0.39 is 0 Å². The summed E-state index contributed by atoms with van der Waals surface area (Å²) in [5.41, 5.74) is 3.09. The topological polar surface area (TPSA) is 99.3 Å². The highest BCUT2D eigenvalue weighted by atomic mass is 16.2. The van der Waals surface area contributed by atoms with E-state index in [2.05, 4.69) is 66.3 Å². The molecule has 1 unspecified atom stereocenters. The molecule has 7 heteroatoms. The standard InChI is InChI=1S/C30H46N4O3/c1-5-6-7-16-32-26-20-29(36)27(21-28(26)35)33-17-8-14-31-15-9-18-34-30(37)23(4)25-12-10-24(11-13-25)19-22(2)3/h10-13,20-23,31-33H,5-9,14-19H2,1-4H3,(H,34,37). The van der Waals surface area contributed by atoms with Gasteiger partial charge in [-0.2, -0.15) is 0 Å². The molecule has 37 heavy (non-hydrogen) atoms. The van der Waals surface area contributed by atoms with Crippen molar-refractivity contribution in [2.24, 2.45) is 5.92 Å². The van der Waals surface area contributed by atoms with Gasteiger partial charge in [0.15, 0.2) is 0 Å². The minimum Gasteiger partial charge on any atom is -0.382 e. The molecule has 1 atom stereocenters. The molecule has 0 saturated heterocycles. The number of unbranched alkanes of at least 4 members (excludes halogenated alkanes) is 2. The zero-order chi connectivity index (χ0) is 27.0. The summed E-state index contributed by atoms with van der Waals surface area (Å²) in [4.78, 5) is 37.0. The minimum absolute atomic E-state index is 0.0501. The first-order chi connectivity index (χ1) is 17.8. The smallest absolute Gasteiger partial charge is 0.227 e. The number of carbonyl (C=O) groups is 3. The molecule has 0 saturated carbocycles. The highest BCUT2D eigenvalue weighted by molar-refractivity contribution is 6.19. The summed E-state index contributed by atoms with van der Waals surface area (Å²) < 4.78 is 0. The summed E-state index contributed by atoms with van der Waals surface area (Å²) in [6.45, 7) is 12.0. The van der Waals surface area contributed by atoms with E-state index in [-0.39, 0.29) is 23.4 Å². The van der Waals surface area contributed by atoms with Crippen LogP contribution in [0.2, 0.25) is 0 Å². The molecule has 204 valence electrons. The van der Waals surface area contributed by atoms with Crippen LogP contribution in [0.25, 0.3) is 0 Å². The van der Waals surface area contributed by atoms with Crippen LogP contribution in [0, 0.1) is 5.92 Å². The Morgan fingerprint density at radius 1 is 0.757 bits per heavy atom. The lowest BCUT2D eigenvalue weighted by atomic mass is 9.96. The predicted molar refractivity (Wildman–Crippen MR) is 150 cm³/mol. The van der Waals surface area contributed by atoms with E-state index in [9.17, 15) is 14.4 Å². The molecule has 1 amide bonds. The molecule has 1 aliphatic rings. The molecular weight excluding hydrogens is 464 g/mol. The van der Waals surface area contributed by atoms with Crippen LogP contribution in [0.1, 0.15) is 76.8 Å². The van der Waals surface area contributed by atoms with Gasteiger partial charge in [0.1, 0.15) is 0 Å². The van der Waals surface area contributed by atoms with Gasteiger partial charge in [-0.15, -0.1) is 0 Å². The van der Waals surface area contributed by atoms with Crippen molar-refractivity contribution in [3.8, 4) is 0 Å². The summed E-state index contributed by atoms with van der Waals surface area (Å²) in [5.74, 6) is 0.181. The molecule has 0 aromatic heterocycles. The Kier molecular flexibility index (Phi) is 13.7. The van der Waals surface area contributed by atoms with Gasteiger partial charge in [0.2, 0.25) is 17.5 Å². The van der Waals surface area contributed by atoms with Crippen LogP contribution in [0.5, 0.6) is 0 Å². The van der Waals surface area contributed by atoms with Gasteiger partial charge in [0.05, 0.1) is 17.3 Å². The molecule has 0 spiro atoms. The second-order valence-electron chi connectivity index (χ2n) is 10.2. The number of rotatable bonds is 18. The molecule has 0 fully saturated rings. The summed E-state index contributed by atoms with van der Waals surface area (Å²) >= 11 is 0. The molecule has 2 rings (SSSR count). The summed E-state index contributed by atoms with van der Waals surface area (Å²) in [6.07, 6.45) is 8.69. The molecule has 0 radical (unpaired) electrons. The zero-order valence-electron chi connectivity index (χ0n) is 23.1. The quantitative estimate of drug-likeness (QED) is 0.177. The lowest BCUT2D eigenvalue weighted by Crippen LogP contribution is -2.32. The van der Waals surface area contributed by atoms with Gasteiger partial charge in [-0.1, -0.05) is 57.9 Å². The third-order valence-electron chi connectivity index (χ3n) is 6.37. The van der Waals surface area contributed by atoms with Gasteiger partial charge in [-0.25, -0.2) is 0 Å². The van der Waals surface area contributed by atoms with Crippen molar-refractivity contribution in [2.45, 2.75) is 72.1 Å². The Hall–Kier alpha value is -2.93. The van der Waals surface area contributed by atoms with Crippen molar-refractivity contribution in [3.63, 3.8) is 0 Å². The average Bonchev–Trinajstić information content (AvgIpc) is 2.87. The van der Waals surface area contributed by atoms with Crippen LogP contribution in [0.4, 0.5) is 0 Å². The van der Waals surface area contributed by atoms with Crippen LogP contribution in [-0.2, 0) is 20.8 Å². The Morgan fingerprint density at radius 3 is 1.89 bits per heavy atom. The van der Waals surface area contributed by atoms with Crippen LogP contribution in [0.3, 0.4) is 0 Å². The number of hydrogen-bond donors (Lipinski definition) is 4. The van der Waals surface area contributed by atoms with Crippen LogP contribution < -0.4 is 21.3 Å². The molecule has 0 heterocycles. The lowest BCUT2D eigenvalue weighted by molar-refractivity contribution is -0.122. The highest BCUT2D eigenvalue weighted by Crippen LogP contribution is 2.17. The van der Waals surface area contributed by atoms with Gasteiger partial charge in [0.25, 0.3) is 0 Å². The first-order valence-corrected chi connectivity index (χ1v) is 13.9. The lowest BCUT2D eigenvalue weighted by Gasteiger charge is -2.15. The van der Waals surface area contributed by atoms with E-state index in [0.717, 1.165) is 57.2 Å². The van der Waals surface area contributed by atoms with Gasteiger partial charge in [-0.3, -0.25) is 14.4 Å². The minimum atomic E-state index is -0.168. The maximum atomic E-state index is 12.5. The van der Waals surface area contributed by atoms with Gasteiger partial charge in [0, 0.05) is 31.8 Å². The zero-order valence-corrected chi connectivity index (χ0v) is 23.1. The Bertz CT molecular complexity index is 935. The summed E-state index contributed by atoms with van der Waals surface area (Å²) in [7, 11) is 0. The van der Waals surface area contributed by atoms with E-state index in [1.165, 1.54) is 17.7 Å². The van der Waals surface area contributed by atoms with Crippen molar-refractivity contribution in [3.05, 3.63) is 58.9 Å². The summed E-state index contributed by atoms with van der Waals surface area (Å²) in [5, 5.41) is 12.5. The molecule has 7 nitrogen and oxygen atoms in total. The predicted octanol–water partition coefficient (Wildman–Crippen LogP) is 3.76. The van der Waals surface area contributed by atoms with Crippen LogP contribution >= 0.6 is 0 Å². The maximum absolute atomic E-state index is 12.5. The molecule has 4 N–H and O–H groups in total. The molecule has 0 bridgehead atoms. The number of ketones is 2. The fourth-order valence-electron chi connectivity index (χ4n) is 4.14. The van der Waals surface area contributed by atoms with Gasteiger partial charge in [-0.05, 0) is 62.7 Å². The number of nitrogens with one attached hydrogen (secondary N) is 4. The fraction of sp³-hybridized carbons (Fsp3) is 0.567. The van der Waals surface area contributed by atoms with Gasteiger partial charge < -0.3 is 21.3 Å². The maximum Gasteiger partial charge on any atom is 0.227 e. The SMILES string of the molecule is CCCCCNC1=CC(=O)C(NCCCNCCCNC(=O)C(C)c2ccc(CC(C)C)cc2)=CC1=O. The average molecular weight is 511 g/mol. The normalized spacial score (nSPS) is 14.3. The Labute approximate surface area is 222 Å². The number of allylic oxidation sites excluding steroid dienone is 2. The monoisotopic (exact) mass is 510 g/mol. The van der Waals surface area contributed by atoms with Crippen molar-refractivity contribution in [1.29, 1.82) is 0 Å². The second kappa shape index (κ2) is 16.7. The van der Waals surface area contributed by atoms with E-state index in [4.69, 9.17) is 0 Å². The number of benzene rings is 1. The van der Waals surface area contributed by atoms with E-state index in [1.54, 1.807) is 0 Å². The number of hydrogen-bond acceptors (Lipinski definition) is 6. The number of amides is 1. The molecule has 0 aliphatic heterocycles. The van der Waals surface area contributed by atoms with Crippen molar-refractivity contribution >= 4 is 17.5 Å².